The van der Waals surface area contributed by atoms with Gasteiger partial charge in [-0.3, -0.25) is 4.79 Å². The van der Waals surface area contributed by atoms with Gasteiger partial charge in [0.2, 0.25) is 5.91 Å². The van der Waals surface area contributed by atoms with Crippen LogP contribution in [0.1, 0.15) is 6.42 Å². The predicted molar refractivity (Wildman–Crippen MR) is 51.6 cm³/mol. The van der Waals surface area contributed by atoms with Crippen LogP contribution in [-0.4, -0.2) is 29.2 Å². The largest absolute Gasteiger partial charge is 0.316 e. The van der Waals surface area contributed by atoms with E-state index < -0.39 is 0 Å². The maximum absolute atomic E-state index is 11.4. The Kier molecular flexibility index (Phi) is 2.69. The van der Waals surface area contributed by atoms with Gasteiger partial charge in [-0.25, -0.2) is 0 Å². The molecule has 1 aromatic heterocycles. The number of carbonyl (C=O) groups excluding carboxylic acids is 1. The highest BCUT2D eigenvalue weighted by atomic mass is 16.1. The first kappa shape index (κ1) is 9.08. The van der Waals surface area contributed by atoms with Crippen molar-refractivity contribution in [2.75, 3.05) is 18.4 Å². The molecule has 1 saturated heterocycles. The lowest BCUT2D eigenvalue weighted by Crippen LogP contribution is -2.43. The van der Waals surface area contributed by atoms with Gasteiger partial charge in [-0.15, -0.1) is 5.10 Å². The third kappa shape index (κ3) is 2.26. The van der Waals surface area contributed by atoms with Crippen molar-refractivity contribution in [2.24, 2.45) is 5.92 Å². The van der Waals surface area contributed by atoms with Gasteiger partial charge in [-0.1, -0.05) is 0 Å². The van der Waals surface area contributed by atoms with E-state index >= 15 is 0 Å². The van der Waals surface area contributed by atoms with Gasteiger partial charge < -0.3 is 10.6 Å². The summed E-state index contributed by atoms with van der Waals surface area (Å²) < 4.78 is 0. The second-order valence-corrected chi connectivity index (χ2v) is 3.39. The van der Waals surface area contributed by atoms with Crippen molar-refractivity contribution in [3.8, 4) is 0 Å². The number of rotatable bonds is 3. The normalized spacial score (nSPS) is 16.0. The maximum Gasteiger partial charge on any atom is 0.225 e. The molecule has 5 heteroatoms. The summed E-state index contributed by atoms with van der Waals surface area (Å²) in [6.07, 6.45) is 2.13. The number of nitrogens with zero attached hydrogens (tertiary/aromatic N) is 2. The first-order chi connectivity index (χ1) is 6.84. The summed E-state index contributed by atoms with van der Waals surface area (Å²) in [5.41, 5.74) is 0. The molecular formula is C9H12N4O. The number of hydrogen-bond donors (Lipinski definition) is 2. The fraction of sp³-hybridized carbons (Fsp3) is 0.444. The molecule has 0 atom stereocenters. The van der Waals surface area contributed by atoms with Gasteiger partial charge in [0, 0.05) is 12.6 Å². The lowest BCUT2D eigenvalue weighted by molar-refractivity contribution is -0.117. The summed E-state index contributed by atoms with van der Waals surface area (Å²) in [5, 5.41) is 13.3. The van der Waals surface area contributed by atoms with Crippen molar-refractivity contribution < 1.29 is 4.79 Å². The highest BCUT2D eigenvalue weighted by molar-refractivity contribution is 5.89. The monoisotopic (exact) mass is 192 g/mol. The smallest absolute Gasteiger partial charge is 0.225 e. The highest BCUT2D eigenvalue weighted by Gasteiger charge is 2.20. The summed E-state index contributed by atoms with van der Waals surface area (Å²) in [6.45, 7) is 1.88. The van der Waals surface area contributed by atoms with Gasteiger partial charge in [0.05, 0.1) is 0 Å². The molecule has 0 aliphatic carbocycles. The van der Waals surface area contributed by atoms with Gasteiger partial charge in [-0.05, 0) is 31.1 Å². The van der Waals surface area contributed by atoms with E-state index in [1.54, 1.807) is 18.3 Å². The molecule has 2 heterocycles. The van der Waals surface area contributed by atoms with Crippen molar-refractivity contribution >= 4 is 11.7 Å². The number of amides is 1. The minimum Gasteiger partial charge on any atom is -0.316 e. The van der Waals surface area contributed by atoms with E-state index in [0.717, 1.165) is 13.1 Å². The quantitative estimate of drug-likeness (QED) is 0.708. The second-order valence-electron chi connectivity index (χ2n) is 3.39. The molecule has 74 valence electrons. The molecule has 14 heavy (non-hydrogen) atoms. The van der Waals surface area contributed by atoms with E-state index in [2.05, 4.69) is 20.8 Å². The van der Waals surface area contributed by atoms with Crippen molar-refractivity contribution in [1.29, 1.82) is 0 Å². The van der Waals surface area contributed by atoms with E-state index in [-0.39, 0.29) is 5.91 Å². The second kappa shape index (κ2) is 4.15. The maximum atomic E-state index is 11.4. The van der Waals surface area contributed by atoms with Crippen LogP contribution in [0, 0.1) is 5.92 Å². The highest BCUT2D eigenvalue weighted by Crippen LogP contribution is 2.09. The van der Waals surface area contributed by atoms with Crippen LogP contribution in [0.15, 0.2) is 18.3 Å². The summed E-state index contributed by atoms with van der Waals surface area (Å²) in [6, 6.07) is 3.47. The van der Waals surface area contributed by atoms with Crippen LogP contribution in [-0.2, 0) is 4.79 Å². The first-order valence-corrected chi connectivity index (χ1v) is 4.63. The Hall–Kier alpha value is -1.49. The lowest BCUT2D eigenvalue weighted by atomic mass is 9.99. The van der Waals surface area contributed by atoms with Gasteiger partial charge in [-0.2, -0.15) is 5.10 Å². The molecule has 0 unspecified atom stereocenters. The Morgan fingerprint density at radius 3 is 3.07 bits per heavy atom. The van der Waals surface area contributed by atoms with E-state index in [1.165, 1.54) is 0 Å². The Morgan fingerprint density at radius 1 is 1.64 bits per heavy atom. The standard InChI is InChI=1S/C9H12N4O/c14-9(4-7-5-10-6-7)12-8-2-1-3-11-13-8/h1-3,7,10H,4-6H2,(H,12,13,14). The number of hydrogen-bond acceptors (Lipinski definition) is 4. The summed E-state index contributed by atoms with van der Waals surface area (Å²) in [4.78, 5) is 11.4. The topological polar surface area (TPSA) is 66.9 Å². The Labute approximate surface area is 81.9 Å². The molecule has 1 fully saturated rings. The Balaban J connectivity index is 1.82. The van der Waals surface area contributed by atoms with Crippen LogP contribution in [0.4, 0.5) is 5.82 Å². The average molecular weight is 192 g/mol. The van der Waals surface area contributed by atoms with Crippen LogP contribution in [0.3, 0.4) is 0 Å². The zero-order valence-electron chi connectivity index (χ0n) is 7.73. The third-order valence-electron chi connectivity index (χ3n) is 2.18. The Bertz CT molecular complexity index is 310. The van der Waals surface area contributed by atoms with E-state index in [4.69, 9.17) is 0 Å². The van der Waals surface area contributed by atoms with Gasteiger partial charge in [0.15, 0.2) is 5.82 Å². The van der Waals surface area contributed by atoms with Crippen LogP contribution in [0.2, 0.25) is 0 Å². The van der Waals surface area contributed by atoms with Crippen molar-refractivity contribution in [3.05, 3.63) is 18.3 Å². The van der Waals surface area contributed by atoms with Crippen molar-refractivity contribution in [1.82, 2.24) is 15.5 Å². The molecule has 0 aromatic carbocycles. The average Bonchev–Trinajstić information content (AvgIpc) is 2.13. The molecule has 2 N–H and O–H groups in total. The number of anilines is 1. The molecule has 2 rings (SSSR count). The SMILES string of the molecule is O=C(CC1CNC1)Nc1cccnn1. The van der Waals surface area contributed by atoms with E-state index in [0.29, 0.717) is 18.2 Å². The lowest BCUT2D eigenvalue weighted by Gasteiger charge is -2.26. The number of aromatic nitrogens is 2. The molecule has 1 aromatic rings. The third-order valence-corrected chi connectivity index (χ3v) is 2.18. The molecular weight excluding hydrogens is 180 g/mol. The van der Waals surface area contributed by atoms with Crippen molar-refractivity contribution in [2.45, 2.75) is 6.42 Å². The predicted octanol–water partition coefficient (Wildman–Crippen LogP) is 0.0246. The molecule has 1 aliphatic heterocycles. The number of nitrogens with one attached hydrogen (secondary N) is 2. The first-order valence-electron chi connectivity index (χ1n) is 4.63. The minimum absolute atomic E-state index is 0.0111. The van der Waals surface area contributed by atoms with Crippen LogP contribution < -0.4 is 10.6 Å². The molecule has 0 radical (unpaired) electrons. The minimum atomic E-state index is 0.0111. The molecule has 0 saturated carbocycles. The summed E-state index contributed by atoms with van der Waals surface area (Å²) in [7, 11) is 0. The molecule has 1 amide bonds. The van der Waals surface area contributed by atoms with Crippen molar-refractivity contribution in [3.63, 3.8) is 0 Å². The van der Waals surface area contributed by atoms with E-state index in [1.807, 2.05) is 0 Å². The van der Waals surface area contributed by atoms with Gasteiger partial charge >= 0.3 is 0 Å². The molecule has 0 bridgehead atoms. The zero-order valence-corrected chi connectivity index (χ0v) is 7.73. The van der Waals surface area contributed by atoms with Crippen LogP contribution in [0.25, 0.3) is 0 Å². The molecule has 1 aliphatic rings. The fourth-order valence-electron chi connectivity index (χ4n) is 1.32. The van der Waals surface area contributed by atoms with Gasteiger partial charge in [0.25, 0.3) is 0 Å². The summed E-state index contributed by atoms with van der Waals surface area (Å²) >= 11 is 0. The van der Waals surface area contributed by atoms with Gasteiger partial charge in [0.1, 0.15) is 0 Å². The van der Waals surface area contributed by atoms with Crippen LogP contribution in [0.5, 0.6) is 0 Å². The molecule has 5 nitrogen and oxygen atoms in total. The summed E-state index contributed by atoms with van der Waals surface area (Å²) in [5.74, 6) is 1.01. The van der Waals surface area contributed by atoms with E-state index in [9.17, 15) is 4.79 Å². The zero-order chi connectivity index (χ0) is 9.80. The Morgan fingerprint density at radius 2 is 2.50 bits per heavy atom. The van der Waals surface area contributed by atoms with Crippen LogP contribution >= 0.6 is 0 Å². The molecule has 0 spiro atoms. The number of carbonyl (C=O) groups is 1. The fourth-order valence-corrected chi connectivity index (χ4v) is 1.32.